The second kappa shape index (κ2) is 6.94. The van der Waals surface area contributed by atoms with Gasteiger partial charge in [-0.05, 0) is 49.7 Å². The summed E-state index contributed by atoms with van der Waals surface area (Å²) in [6, 6.07) is 11.9. The number of aromatic nitrogens is 2. The van der Waals surface area contributed by atoms with Crippen LogP contribution in [0.25, 0.3) is 10.9 Å². The van der Waals surface area contributed by atoms with Crippen molar-refractivity contribution in [1.82, 2.24) is 9.66 Å². The van der Waals surface area contributed by atoms with Crippen LogP contribution in [0.2, 0.25) is 5.02 Å². The fourth-order valence-electron chi connectivity index (χ4n) is 2.33. The zero-order valence-electron chi connectivity index (χ0n) is 13.7. The van der Waals surface area contributed by atoms with E-state index < -0.39 is 11.2 Å². The van der Waals surface area contributed by atoms with Crippen LogP contribution in [0.1, 0.15) is 19.4 Å². The minimum absolute atomic E-state index is 0.00625. The van der Waals surface area contributed by atoms with Gasteiger partial charge in [0.1, 0.15) is 5.75 Å². The standard InChI is InChI=1S/C18H16ClN3O3/c1-11(2)25-16-8-7-12(9-14(16)19)10-20-22-17(23)13-5-3-4-6-15(13)21-18(22)24/h3-11H,1-2H3,(H,21,24). The van der Waals surface area contributed by atoms with Gasteiger partial charge in [0, 0.05) is 0 Å². The van der Waals surface area contributed by atoms with Gasteiger partial charge in [-0.25, -0.2) is 4.79 Å². The van der Waals surface area contributed by atoms with E-state index in [1.54, 1.807) is 42.5 Å². The summed E-state index contributed by atoms with van der Waals surface area (Å²) < 4.78 is 6.35. The Balaban J connectivity index is 1.97. The summed E-state index contributed by atoms with van der Waals surface area (Å²) in [5.41, 5.74) is 0.0232. The van der Waals surface area contributed by atoms with Gasteiger partial charge in [-0.15, -0.1) is 4.68 Å². The molecule has 0 radical (unpaired) electrons. The van der Waals surface area contributed by atoms with Gasteiger partial charge in [-0.2, -0.15) is 5.10 Å². The van der Waals surface area contributed by atoms with Gasteiger partial charge in [0.25, 0.3) is 5.56 Å². The highest BCUT2D eigenvalue weighted by atomic mass is 35.5. The molecule has 1 N–H and O–H groups in total. The van der Waals surface area contributed by atoms with Gasteiger partial charge in [0.05, 0.1) is 28.2 Å². The van der Waals surface area contributed by atoms with Crippen LogP contribution < -0.4 is 16.0 Å². The van der Waals surface area contributed by atoms with E-state index in [2.05, 4.69) is 10.1 Å². The number of fused-ring (bicyclic) bond motifs is 1. The fraction of sp³-hybridized carbons (Fsp3) is 0.167. The first-order valence-corrected chi connectivity index (χ1v) is 8.08. The van der Waals surface area contributed by atoms with Crippen LogP contribution in [-0.4, -0.2) is 22.0 Å². The van der Waals surface area contributed by atoms with Gasteiger partial charge in [-0.3, -0.25) is 4.79 Å². The lowest BCUT2D eigenvalue weighted by Gasteiger charge is -2.11. The van der Waals surface area contributed by atoms with E-state index in [1.165, 1.54) is 6.21 Å². The van der Waals surface area contributed by atoms with Gasteiger partial charge < -0.3 is 9.72 Å². The Morgan fingerprint density at radius 1 is 1.20 bits per heavy atom. The van der Waals surface area contributed by atoms with Crippen LogP contribution in [0.4, 0.5) is 0 Å². The number of para-hydroxylation sites is 1. The summed E-state index contributed by atoms with van der Waals surface area (Å²) in [7, 11) is 0. The Labute approximate surface area is 148 Å². The number of nitrogens with zero attached hydrogens (tertiary/aromatic N) is 2. The lowest BCUT2D eigenvalue weighted by atomic mass is 10.2. The molecule has 25 heavy (non-hydrogen) atoms. The van der Waals surface area contributed by atoms with E-state index >= 15 is 0 Å². The molecule has 0 unspecified atom stereocenters. The van der Waals surface area contributed by atoms with Crippen molar-refractivity contribution >= 4 is 28.7 Å². The molecule has 0 aliphatic rings. The number of rotatable bonds is 4. The first-order chi connectivity index (χ1) is 12.0. The molecule has 3 aromatic rings. The summed E-state index contributed by atoms with van der Waals surface area (Å²) >= 11 is 6.17. The highest BCUT2D eigenvalue weighted by Crippen LogP contribution is 2.25. The van der Waals surface area contributed by atoms with Crippen molar-refractivity contribution in [2.45, 2.75) is 20.0 Å². The van der Waals surface area contributed by atoms with Crippen LogP contribution >= 0.6 is 11.6 Å². The maximum atomic E-state index is 12.4. The van der Waals surface area contributed by atoms with Crippen LogP contribution in [0.5, 0.6) is 5.75 Å². The highest BCUT2D eigenvalue weighted by molar-refractivity contribution is 6.32. The van der Waals surface area contributed by atoms with E-state index in [1.807, 2.05) is 13.8 Å². The molecule has 2 aromatic carbocycles. The first-order valence-electron chi connectivity index (χ1n) is 7.70. The molecule has 0 atom stereocenters. The van der Waals surface area contributed by atoms with Crippen molar-refractivity contribution in [2.24, 2.45) is 5.10 Å². The molecule has 6 nitrogen and oxygen atoms in total. The number of hydrogen-bond acceptors (Lipinski definition) is 4. The summed E-state index contributed by atoms with van der Waals surface area (Å²) in [5.74, 6) is 0.564. The third-order valence-electron chi connectivity index (χ3n) is 3.42. The highest BCUT2D eigenvalue weighted by Gasteiger charge is 2.07. The molecule has 128 valence electrons. The minimum Gasteiger partial charge on any atom is -0.489 e. The van der Waals surface area contributed by atoms with Gasteiger partial charge in [-0.1, -0.05) is 23.7 Å². The number of halogens is 1. The molecule has 0 spiro atoms. The average Bonchev–Trinajstić information content (AvgIpc) is 2.56. The minimum atomic E-state index is -0.606. The molecule has 1 heterocycles. The number of ether oxygens (including phenoxy) is 1. The number of benzene rings is 2. The van der Waals surface area contributed by atoms with Crippen LogP contribution in [0.15, 0.2) is 57.2 Å². The molecule has 7 heteroatoms. The third-order valence-corrected chi connectivity index (χ3v) is 3.72. The Bertz CT molecular complexity index is 1070. The Hall–Kier alpha value is -2.86. The number of nitrogens with one attached hydrogen (secondary N) is 1. The second-order valence-electron chi connectivity index (χ2n) is 5.69. The Kier molecular flexibility index (Phi) is 4.72. The van der Waals surface area contributed by atoms with Gasteiger partial charge in [0.2, 0.25) is 0 Å². The van der Waals surface area contributed by atoms with Crippen molar-refractivity contribution in [1.29, 1.82) is 0 Å². The lowest BCUT2D eigenvalue weighted by Crippen LogP contribution is -2.32. The number of H-pyrrole nitrogens is 1. The SMILES string of the molecule is CC(C)Oc1ccc(C=Nn2c(=O)[nH]c3ccccc3c2=O)cc1Cl. The van der Waals surface area contributed by atoms with E-state index in [9.17, 15) is 9.59 Å². The quantitative estimate of drug-likeness (QED) is 0.729. The molecule has 0 saturated heterocycles. The number of aromatic amines is 1. The van der Waals surface area contributed by atoms with Crippen molar-refractivity contribution < 1.29 is 4.74 Å². The van der Waals surface area contributed by atoms with Gasteiger partial charge in [0.15, 0.2) is 0 Å². The van der Waals surface area contributed by atoms with Crippen molar-refractivity contribution in [3.05, 3.63) is 73.9 Å². The van der Waals surface area contributed by atoms with Crippen molar-refractivity contribution in [3.63, 3.8) is 0 Å². The number of hydrogen-bond donors (Lipinski definition) is 1. The monoisotopic (exact) mass is 357 g/mol. The molecular formula is C18H16ClN3O3. The molecule has 0 fully saturated rings. The predicted octanol–water partition coefficient (Wildman–Crippen LogP) is 3.01. The Morgan fingerprint density at radius 2 is 1.96 bits per heavy atom. The molecule has 0 amide bonds. The van der Waals surface area contributed by atoms with Crippen LogP contribution in [0, 0.1) is 0 Å². The summed E-state index contributed by atoms with van der Waals surface area (Å²) in [6.45, 7) is 3.81. The van der Waals surface area contributed by atoms with E-state index in [4.69, 9.17) is 16.3 Å². The lowest BCUT2D eigenvalue weighted by molar-refractivity contribution is 0.242. The topological polar surface area (TPSA) is 76.5 Å². The third kappa shape index (κ3) is 3.64. The first kappa shape index (κ1) is 17.0. The maximum Gasteiger partial charge on any atom is 0.349 e. The summed E-state index contributed by atoms with van der Waals surface area (Å²) in [4.78, 5) is 27.1. The molecule has 0 aliphatic heterocycles. The fourth-order valence-corrected chi connectivity index (χ4v) is 2.56. The Morgan fingerprint density at radius 3 is 2.68 bits per heavy atom. The molecule has 0 aliphatic carbocycles. The van der Waals surface area contributed by atoms with E-state index in [0.29, 0.717) is 27.2 Å². The summed E-state index contributed by atoms with van der Waals surface area (Å²) in [6.07, 6.45) is 1.41. The zero-order valence-corrected chi connectivity index (χ0v) is 14.4. The molecule has 0 saturated carbocycles. The smallest absolute Gasteiger partial charge is 0.349 e. The normalized spacial score (nSPS) is 11.5. The van der Waals surface area contributed by atoms with Crippen molar-refractivity contribution in [2.75, 3.05) is 0 Å². The average molecular weight is 358 g/mol. The summed E-state index contributed by atoms with van der Waals surface area (Å²) in [5, 5.41) is 4.81. The second-order valence-corrected chi connectivity index (χ2v) is 6.10. The molecule has 1 aromatic heterocycles. The van der Waals surface area contributed by atoms with E-state index in [-0.39, 0.29) is 6.10 Å². The molecule has 0 bridgehead atoms. The van der Waals surface area contributed by atoms with E-state index in [0.717, 1.165) is 4.68 Å². The zero-order chi connectivity index (χ0) is 18.0. The predicted molar refractivity (Wildman–Crippen MR) is 99.0 cm³/mol. The maximum absolute atomic E-state index is 12.4. The van der Waals surface area contributed by atoms with Crippen LogP contribution in [0.3, 0.4) is 0 Å². The van der Waals surface area contributed by atoms with Crippen molar-refractivity contribution in [3.8, 4) is 5.75 Å². The van der Waals surface area contributed by atoms with Crippen LogP contribution in [-0.2, 0) is 0 Å². The molecule has 3 rings (SSSR count). The molecular weight excluding hydrogens is 342 g/mol. The van der Waals surface area contributed by atoms with Gasteiger partial charge >= 0.3 is 5.69 Å². The largest absolute Gasteiger partial charge is 0.489 e.